The Hall–Kier alpha value is -3.22. The van der Waals surface area contributed by atoms with Gasteiger partial charge in [0.05, 0.1) is 14.2 Å². The molecule has 1 aliphatic heterocycles. The maximum atomic E-state index is 12.2. The molecule has 2 aromatic rings. The molecule has 3 amide bonds. The van der Waals surface area contributed by atoms with Gasteiger partial charge >= 0.3 is 6.03 Å². The molecule has 148 valence electrons. The lowest BCUT2D eigenvalue weighted by atomic mass is 10.1. The molecule has 0 aliphatic carbocycles. The van der Waals surface area contributed by atoms with E-state index in [1.807, 2.05) is 37.3 Å². The maximum Gasteiger partial charge on any atom is 0.319 e. The lowest BCUT2D eigenvalue weighted by molar-refractivity contribution is -0.117. The van der Waals surface area contributed by atoms with Gasteiger partial charge in [-0.05, 0) is 54.8 Å². The monoisotopic (exact) mass is 383 g/mol. The van der Waals surface area contributed by atoms with Crippen LogP contribution in [0.5, 0.6) is 11.5 Å². The van der Waals surface area contributed by atoms with Crippen molar-refractivity contribution in [1.29, 1.82) is 0 Å². The molecule has 0 aromatic heterocycles. The molecule has 3 rings (SSSR count). The summed E-state index contributed by atoms with van der Waals surface area (Å²) in [6, 6.07) is 10.7. The summed E-state index contributed by atoms with van der Waals surface area (Å²) in [4.78, 5) is 26.0. The third-order valence-corrected chi connectivity index (χ3v) is 4.72. The van der Waals surface area contributed by atoms with E-state index in [9.17, 15) is 9.59 Å². The van der Waals surface area contributed by atoms with Crippen molar-refractivity contribution >= 4 is 23.3 Å². The van der Waals surface area contributed by atoms with Crippen molar-refractivity contribution in [3.8, 4) is 11.5 Å². The van der Waals surface area contributed by atoms with Crippen molar-refractivity contribution in [2.24, 2.45) is 0 Å². The Kier molecular flexibility index (Phi) is 6.03. The Morgan fingerprint density at radius 2 is 1.89 bits per heavy atom. The van der Waals surface area contributed by atoms with Crippen LogP contribution in [-0.2, 0) is 11.3 Å². The van der Waals surface area contributed by atoms with Crippen LogP contribution in [0.1, 0.15) is 24.0 Å². The van der Waals surface area contributed by atoms with Crippen molar-refractivity contribution in [3.05, 3.63) is 47.5 Å². The summed E-state index contributed by atoms with van der Waals surface area (Å²) in [5.41, 5.74) is 3.43. The Bertz CT molecular complexity index is 882. The second-order valence-corrected chi connectivity index (χ2v) is 6.65. The molecule has 1 saturated heterocycles. The van der Waals surface area contributed by atoms with Gasteiger partial charge in [-0.2, -0.15) is 0 Å². The number of carbonyl (C=O) groups excluding carboxylic acids is 2. The van der Waals surface area contributed by atoms with E-state index in [4.69, 9.17) is 9.47 Å². The third-order valence-electron chi connectivity index (χ3n) is 4.72. The van der Waals surface area contributed by atoms with Crippen molar-refractivity contribution in [2.75, 3.05) is 31.0 Å². The number of anilines is 2. The smallest absolute Gasteiger partial charge is 0.319 e. The van der Waals surface area contributed by atoms with Crippen molar-refractivity contribution in [1.82, 2.24) is 5.32 Å². The Balaban J connectivity index is 1.59. The number of urea groups is 1. The second kappa shape index (κ2) is 8.65. The third kappa shape index (κ3) is 4.36. The van der Waals surface area contributed by atoms with Gasteiger partial charge in [0, 0.05) is 30.9 Å². The molecule has 7 heteroatoms. The van der Waals surface area contributed by atoms with E-state index in [1.165, 1.54) is 0 Å². The first-order valence-corrected chi connectivity index (χ1v) is 9.18. The topological polar surface area (TPSA) is 79.9 Å². The molecule has 1 fully saturated rings. The first-order chi connectivity index (χ1) is 13.5. The SMILES string of the molecule is COc1ccc(CNC(=O)Nc2ccc(N3CCCC3=O)c(C)c2)cc1OC. The number of benzene rings is 2. The first-order valence-electron chi connectivity index (χ1n) is 9.18. The van der Waals surface area contributed by atoms with Gasteiger partial charge in [0.1, 0.15) is 0 Å². The first kappa shape index (κ1) is 19.5. The lowest BCUT2D eigenvalue weighted by Gasteiger charge is -2.19. The number of ether oxygens (including phenoxy) is 2. The van der Waals surface area contributed by atoms with Crippen molar-refractivity contribution in [3.63, 3.8) is 0 Å². The molecule has 1 heterocycles. The highest BCUT2D eigenvalue weighted by molar-refractivity contribution is 5.96. The summed E-state index contributed by atoms with van der Waals surface area (Å²) >= 11 is 0. The van der Waals surface area contributed by atoms with Crippen LogP contribution in [0.2, 0.25) is 0 Å². The molecular weight excluding hydrogens is 358 g/mol. The average molecular weight is 383 g/mol. The molecule has 28 heavy (non-hydrogen) atoms. The minimum Gasteiger partial charge on any atom is -0.493 e. The Morgan fingerprint density at radius 1 is 1.11 bits per heavy atom. The van der Waals surface area contributed by atoms with Crippen LogP contribution in [-0.4, -0.2) is 32.7 Å². The van der Waals surface area contributed by atoms with E-state index >= 15 is 0 Å². The molecule has 0 radical (unpaired) electrons. The number of rotatable bonds is 6. The molecule has 0 saturated carbocycles. The molecule has 2 aromatic carbocycles. The van der Waals surface area contributed by atoms with Gasteiger partial charge in [-0.15, -0.1) is 0 Å². The Morgan fingerprint density at radius 3 is 2.54 bits per heavy atom. The van der Waals surface area contributed by atoms with Crippen LogP contribution in [0, 0.1) is 6.92 Å². The van der Waals surface area contributed by atoms with Crippen LogP contribution in [0.25, 0.3) is 0 Å². The van der Waals surface area contributed by atoms with Gasteiger partial charge < -0.3 is 25.0 Å². The van der Waals surface area contributed by atoms with Crippen molar-refractivity contribution in [2.45, 2.75) is 26.3 Å². The summed E-state index contributed by atoms with van der Waals surface area (Å²) in [5, 5.41) is 5.65. The number of hydrogen-bond donors (Lipinski definition) is 2. The fraction of sp³-hybridized carbons (Fsp3) is 0.333. The number of methoxy groups -OCH3 is 2. The molecule has 1 aliphatic rings. The van der Waals surface area contributed by atoms with Crippen LogP contribution in [0.3, 0.4) is 0 Å². The molecular formula is C21H25N3O4. The molecule has 2 N–H and O–H groups in total. The van der Waals surface area contributed by atoms with Crippen LogP contribution in [0.4, 0.5) is 16.2 Å². The summed E-state index contributed by atoms with van der Waals surface area (Å²) in [7, 11) is 3.15. The maximum absolute atomic E-state index is 12.2. The Labute approximate surface area is 164 Å². The number of aryl methyl sites for hydroxylation is 1. The van der Waals surface area contributed by atoms with Gasteiger partial charge in [0.15, 0.2) is 11.5 Å². The molecule has 0 unspecified atom stereocenters. The number of hydrogen-bond acceptors (Lipinski definition) is 4. The number of nitrogens with one attached hydrogen (secondary N) is 2. The molecule has 0 bridgehead atoms. The summed E-state index contributed by atoms with van der Waals surface area (Å²) in [6.45, 7) is 3.04. The largest absolute Gasteiger partial charge is 0.493 e. The highest BCUT2D eigenvalue weighted by atomic mass is 16.5. The minimum atomic E-state index is -0.306. The predicted octanol–water partition coefficient (Wildman–Crippen LogP) is 3.46. The zero-order chi connectivity index (χ0) is 20.1. The molecule has 0 atom stereocenters. The summed E-state index contributed by atoms with van der Waals surface area (Å²) in [5.74, 6) is 1.41. The minimum absolute atomic E-state index is 0.150. The second-order valence-electron chi connectivity index (χ2n) is 6.65. The van der Waals surface area contributed by atoms with E-state index in [2.05, 4.69) is 10.6 Å². The van der Waals surface area contributed by atoms with E-state index in [0.717, 1.165) is 29.8 Å². The van der Waals surface area contributed by atoms with Crippen LogP contribution in [0.15, 0.2) is 36.4 Å². The summed E-state index contributed by atoms with van der Waals surface area (Å²) in [6.07, 6.45) is 1.48. The zero-order valence-electron chi connectivity index (χ0n) is 16.4. The highest BCUT2D eigenvalue weighted by Crippen LogP contribution is 2.28. The van der Waals surface area contributed by atoms with Gasteiger partial charge in [-0.25, -0.2) is 4.79 Å². The number of nitrogens with zero attached hydrogens (tertiary/aromatic N) is 1. The number of carbonyl (C=O) groups is 2. The van der Waals surface area contributed by atoms with Gasteiger partial charge in [0.2, 0.25) is 5.91 Å². The zero-order valence-corrected chi connectivity index (χ0v) is 16.4. The van der Waals surface area contributed by atoms with Crippen molar-refractivity contribution < 1.29 is 19.1 Å². The standard InChI is InChI=1S/C21H25N3O4/c1-14-11-16(7-8-17(14)24-10-4-5-20(24)25)23-21(26)22-13-15-6-9-18(27-2)19(12-15)28-3/h6-9,11-12H,4-5,10,13H2,1-3H3,(H2,22,23,26). The molecule has 7 nitrogen and oxygen atoms in total. The molecule has 0 spiro atoms. The normalized spacial score (nSPS) is 13.4. The van der Waals surface area contributed by atoms with Crippen LogP contribution < -0.4 is 25.0 Å². The number of amides is 3. The fourth-order valence-electron chi connectivity index (χ4n) is 3.29. The van der Waals surface area contributed by atoms with Gasteiger partial charge in [0.25, 0.3) is 0 Å². The highest BCUT2D eigenvalue weighted by Gasteiger charge is 2.23. The van der Waals surface area contributed by atoms with E-state index < -0.39 is 0 Å². The quantitative estimate of drug-likeness (QED) is 0.801. The summed E-state index contributed by atoms with van der Waals surface area (Å²) < 4.78 is 10.5. The average Bonchev–Trinajstić information content (AvgIpc) is 3.12. The van der Waals surface area contributed by atoms with E-state index in [1.54, 1.807) is 25.2 Å². The van der Waals surface area contributed by atoms with Gasteiger partial charge in [-0.3, -0.25) is 4.79 Å². The predicted molar refractivity (Wildman–Crippen MR) is 108 cm³/mol. The fourth-order valence-corrected chi connectivity index (χ4v) is 3.29. The van der Waals surface area contributed by atoms with E-state index in [-0.39, 0.29) is 11.9 Å². The van der Waals surface area contributed by atoms with Crippen LogP contribution >= 0.6 is 0 Å². The van der Waals surface area contributed by atoms with Gasteiger partial charge in [-0.1, -0.05) is 6.07 Å². The van der Waals surface area contributed by atoms with E-state index in [0.29, 0.717) is 30.2 Å². The lowest BCUT2D eigenvalue weighted by Crippen LogP contribution is -2.28.